The standard InChI is InChI=1S/C28H26N6O2S/c1-18-7-6-8-21(15-18)34-26(23-16-29-24-10-5-4-9-22(23)24)31-32-28(34)37-17-25(35)30-20-13-11-19(12-14-20)27(36)33(2)3/h4-16,29H,17H2,1-3H3,(H,30,35). The van der Waals surface area contributed by atoms with Gasteiger partial charge in [0.05, 0.1) is 5.75 Å². The summed E-state index contributed by atoms with van der Waals surface area (Å²) in [6, 6.07) is 23.0. The van der Waals surface area contributed by atoms with Crippen LogP contribution in [0, 0.1) is 6.92 Å². The summed E-state index contributed by atoms with van der Waals surface area (Å²) in [6.45, 7) is 2.04. The number of aromatic nitrogens is 4. The number of thioether (sulfide) groups is 1. The van der Waals surface area contributed by atoms with Crippen molar-refractivity contribution >= 4 is 40.2 Å². The molecule has 3 aromatic carbocycles. The van der Waals surface area contributed by atoms with Gasteiger partial charge >= 0.3 is 0 Å². The van der Waals surface area contributed by atoms with Crippen LogP contribution in [0.25, 0.3) is 28.0 Å². The molecule has 0 atom stereocenters. The maximum absolute atomic E-state index is 12.8. The van der Waals surface area contributed by atoms with Crippen LogP contribution in [0.4, 0.5) is 5.69 Å². The molecule has 0 radical (unpaired) electrons. The van der Waals surface area contributed by atoms with Gasteiger partial charge in [-0.25, -0.2) is 0 Å². The van der Waals surface area contributed by atoms with Crippen LogP contribution >= 0.6 is 11.8 Å². The Hall–Kier alpha value is -4.37. The molecule has 2 aromatic heterocycles. The van der Waals surface area contributed by atoms with E-state index in [4.69, 9.17) is 0 Å². The highest BCUT2D eigenvalue weighted by molar-refractivity contribution is 7.99. The predicted molar refractivity (Wildman–Crippen MR) is 147 cm³/mol. The summed E-state index contributed by atoms with van der Waals surface area (Å²) >= 11 is 1.32. The van der Waals surface area contributed by atoms with Crippen LogP contribution in [0.5, 0.6) is 0 Å². The summed E-state index contributed by atoms with van der Waals surface area (Å²) in [4.78, 5) is 29.7. The van der Waals surface area contributed by atoms with Gasteiger partial charge in [0.25, 0.3) is 5.91 Å². The van der Waals surface area contributed by atoms with E-state index in [9.17, 15) is 9.59 Å². The molecule has 2 N–H and O–H groups in total. The zero-order valence-corrected chi connectivity index (χ0v) is 21.5. The average molecular weight is 511 g/mol. The molecular weight excluding hydrogens is 484 g/mol. The number of carbonyl (C=O) groups excluding carboxylic acids is 2. The van der Waals surface area contributed by atoms with E-state index >= 15 is 0 Å². The van der Waals surface area contributed by atoms with Crippen molar-refractivity contribution in [3.05, 3.63) is 90.1 Å². The molecule has 0 aliphatic rings. The molecule has 2 amide bonds. The quantitative estimate of drug-likeness (QED) is 0.295. The first kappa shape index (κ1) is 24.3. The van der Waals surface area contributed by atoms with Crippen LogP contribution in [0.2, 0.25) is 0 Å². The highest BCUT2D eigenvalue weighted by atomic mass is 32.2. The summed E-state index contributed by atoms with van der Waals surface area (Å²) in [5.41, 5.74) is 5.18. The summed E-state index contributed by atoms with van der Waals surface area (Å²) < 4.78 is 1.99. The molecule has 0 saturated carbocycles. The van der Waals surface area contributed by atoms with E-state index in [1.807, 2.05) is 60.2 Å². The molecular formula is C28H26N6O2S. The number of carbonyl (C=O) groups is 2. The number of nitrogens with one attached hydrogen (secondary N) is 2. The Morgan fingerprint density at radius 1 is 1.00 bits per heavy atom. The first-order valence-corrected chi connectivity index (χ1v) is 12.7. The number of H-pyrrole nitrogens is 1. The van der Waals surface area contributed by atoms with E-state index in [2.05, 4.69) is 26.6 Å². The summed E-state index contributed by atoms with van der Waals surface area (Å²) in [7, 11) is 3.41. The van der Waals surface area contributed by atoms with Gasteiger partial charge in [0.1, 0.15) is 0 Å². The second kappa shape index (κ2) is 10.3. The lowest BCUT2D eigenvalue weighted by molar-refractivity contribution is -0.113. The van der Waals surface area contributed by atoms with Crippen LogP contribution < -0.4 is 5.32 Å². The number of para-hydroxylation sites is 1. The highest BCUT2D eigenvalue weighted by Crippen LogP contribution is 2.32. The fourth-order valence-electron chi connectivity index (χ4n) is 4.08. The van der Waals surface area contributed by atoms with Crippen molar-refractivity contribution < 1.29 is 9.59 Å². The fraction of sp³-hybridized carbons (Fsp3) is 0.143. The van der Waals surface area contributed by atoms with Crippen LogP contribution in [-0.4, -0.2) is 56.3 Å². The lowest BCUT2D eigenvalue weighted by atomic mass is 10.1. The van der Waals surface area contributed by atoms with Gasteiger partial charge in [-0.3, -0.25) is 14.2 Å². The van der Waals surface area contributed by atoms with E-state index < -0.39 is 0 Å². The Labute approximate surface area is 218 Å². The number of benzene rings is 3. The molecule has 9 heteroatoms. The Morgan fingerprint density at radius 3 is 2.54 bits per heavy atom. The maximum atomic E-state index is 12.8. The number of amides is 2. The zero-order chi connectivity index (χ0) is 25.9. The van der Waals surface area contributed by atoms with Gasteiger partial charge < -0.3 is 15.2 Å². The van der Waals surface area contributed by atoms with Crippen LogP contribution in [-0.2, 0) is 4.79 Å². The van der Waals surface area contributed by atoms with Gasteiger partial charge in [0.2, 0.25) is 5.91 Å². The van der Waals surface area contributed by atoms with E-state index in [1.54, 1.807) is 38.4 Å². The van der Waals surface area contributed by atoms with E-state index in [0.717, 1.165) is 27.7 Å². The third-order valence-corrected chi connectivity index (χ3v) is 6.81. The SMILES string of the molecule is Cc1cccc(-n2c(SCC(=O)Nc3ccc(C(=O)N(C)C)cc3)nnc2-c2c[nH]c3ccccc23)c1. The monoisotopic (exact) mass is 510 g/mol. The normalized spacial score (nSPS) is 11.0. The lowest BCUT2D eigenvalue weighted by Gasteiger charge is -2.12. The zero-order valence-electron chi connectivity index (χ0n) is 20.7. The van der Waals surface area contributed by atoms with Crippen LogP contribution in [0.15, 0.2) is 84.1 Å². The van der Waals surface area contributed by atoms with Crippen LogP contribution in [0.3, 0.4) is 0 Å². The first-order chi connectivity index (χ1) is 17.9. The van der Waals surface area contributed by atoms with Crippen molar-refractivity contribution in [3.8, 4) is 17.1 Å². The number of nitrogens with zero attached hydrogens (tertiary/aromatic N) is 4. The number of anilines is 1. The molecule has 5 rings (SSSR count). The molecule has 8 nitrogen and oxygen atoms in total. The van der Waals surface area contributed by atoms with Crippen LogP contribution in [0.1, 0.15) is 15.9 Å². The molecule has 0 saturated heterocycles. The summed E-state index contributed by atoms with van der Waals surface area (Å²) in [5.74, 6) is 0.585. The molecule has 0 bridgehead atoms. The molecule has 2 heterocycles. The summed E-state index contributed by atoms with van der Waals surface area (Å²) in [6.07, 6.45) is 1.94. The van der Waals surface area contributed by atoms with Gasteiger partial charge in [-0.15, -0.1) is 10.2 Å². The van der Waals surface area contributed by atoms with E-state index in [-0.39, 0.29) is 17.6 Å². The number of aryl methyl sites for hydroxylation is 1. The second-order valence-corrected chi connectivity index (χ2v) is 9.78. The molecule has 5 aromatic rings. The van der Waals surface area contributed by atoms with Crippen molar-refractivity contribution in [1.82, 2.24) is 24.6 Å². The molecule has 0 aliphatic carbocycles. The van der Waals surface area contributed by atoms with E-state index in [0.29, 0.717) is 22.2 Å². The lowest BCUT2D eigenvalue weighted by Crippen LogP contribution is -2.21. The third kappa shape index (κ3) is 5.12. The molecule has 0 unspecified atom stereocenters. The predicted octanol–water partition coefficient (Wildman–Crippen LogP) is 5.16. The van der Waals surface area contributed by atoms with Crippen molar-refractivity contribution in [2.24, 2.45) is 0 Å². The number of fused-ring (bicyclic) bond motifs is 1. The fourth-order valence-corrected chi connectivity index (χ4v) is 4.83. The Morgan fingerprint density at radius 2 is 1.78 bits per heavy atom. The summed E-state index contributed by atoms with van der Waals surface area (Å²) in [5, 5.41) is 13.5. The Balaban J connectivity index is 1.39. The largest absolute Gasteiger partial charge is 0.360 e. The number of hydrogen-bond donors (Lipinski definition) is 2. The number of rotatable bonds is 7. The van der Waals surface area contributed by atoms with Crippen molar-refractivity contribution in [2.75, 3.05) is 25.2 Å². The van der Waals surface area contributed by atoms with Crippen molar-refractivity contribution in [3.63, 3.8) is 0 Å². The van der Waals surface area contributed by atoms with Gasteiger partial charge in [0.15, 0.2) is 11.0 Å². The molecule has 0 spiro atoms. The average Bonchev–Trinajstić information content (AvgIpc) is 3.51. The van der Waals surface area contributed by atoms with E-state index in [1.165, 1.54) is 16.7 Å². The van der Waals surface area contributed by atoms with Gasteiger partial charge in [-0.1, -0.05) is 42.1 Å². The molecule has 37 heavy (non-hydrogen) atoms. The topological polar surface area (TPSA) is 95.9 Å². The first-order valence-electron chi connectivity index (χ1n) is 11.7. The number of hydrogen-bond acceptors (Lipinski definition) is 5. The second-order valence-electron chi connectivity index (χ2n) is 8.84. The highest BCUT2D eigenvalue weighted by Gasteiger charge is 2.20. The van der Waals surface area contributed by atoms with Crippen molar-refractivity contribution in [1.29, 1.82) is 0 Å². The maximum Gasteiger partial charge on any atom is 0.253 e. The van der Waals surface area contributed by atoms with Gasteiger partial charge in [-0.05, 0) is 55.0 Å². The third-order valence-electron chi connectivity index (χ3n) is 5.88. The Kier molecular flexibility index (Phi) is 6.78. The number of aromatic amines is 1. The van der Waals surface area contributed by atoms with Gasteiger partial charge in [0, 0.05) is 53.7 Å². The molecule has 0 fully saturated rings. The molecule has 0 aliphatic heterocycles. The molecule has 186 valence electrons. The Bertz CT molecular complexity index is 1590. The minimum absolute atomic E-state index is 0.0880. The van der Waals surface area contributed by atoms with Crippen molar-refractivity contribution in [2.45, 2.75) is 12.1 Å². The minimum atomic E-state index is -0.177. The smallest absolute Gasteiger partial charge is 0.253 e. The minimum Gasteiger partial charge on any atom is -0.360 e. The van der Waals surface area contributed by atoms with Gasteiger partial charge in [-0.2, -0.15) is 0 Å².